The molecule has 1 aromatic rings. The molecule has 2 aliphatic heterocycles. The van der Waals surface area contributed by atoms with Gasteiger partial charge in [0.2, 0.25) is 0 Å². The zero-order valence-electron chi connectivity index (χ0n) is 10.4. The maximum atomic E-state index is 3.63. The van der Waals surface area contributed by atoms with Crippen LogP contribution in [0, 0.1) is 0 Å². The van der Waals surface area contributed by atoms with Gasteiger partial charge < -0.3 is 10.2 Å². The standard InChI is InChI=1S/C15H20N2/c1-10-9-17-14-7-3-5-12(14)13-6-2-4-11(8-16-10)15(13)17/h2,4,6,10,12,14,16H,3,5,7-9H2,1H3/t10-,12-,14-/m1/s1. The molecule has 1 saturated carbocycles. The highest BCUT2D eigenvalue weighted by Gasteiger charge is 2.43. The van der Waals surface area contributed by atoms with Crippen LogP contribution in [0.4, 0.5) is 5.69 Å². The predicted octanol–water partition coefficient (Wildman–Crippen LogP) is 2.63. The molecule has 3 atom stereocenters. The Hall–Kier alpha value is -1.02. The van der Waals surface area contributed by atoms with Crippen LogP contribution >= 0.6 is 0 Å². The second-order valence-corrected chi connectivity index (χ2v) is 5.89. The van der Waals surface area contributed by atoms with Crippen LogP contribution in [0.15, 0.2) is 18.2 Å². The Kier molecular flexibility index (Phi) is 2.04. The third-order valence-electron chi connectivity index (χ3n) is 4.83. The van der Waals surface area contributed by atoms with E-state index < -0.39 is 0 Å². The summed E-state index contributed by atoms with van der Waals surface area (Å²) in [5.41, 5.74) is 4.74. The zero-order chi connectivity index (χ0) is 11.4. The molecule has 0 spiro atoms. The Morgan fingerprint density at radius 3 is 3.18 bits per heavy atom. The van der Waals surface area contributed by atoms with E-state index in [-0.39, 0.29) is 0 Å². The smallest absolute Gasteiger partial charge is 0.0451 e. The first-order chi connectivity index (χ1) is 8.34. The Morgan fingerprint density at radius 1 is 1.29 bits per heavy atom. The molecule has 4 rings (SSSR count). The van der Waals surface area contributed by atoms with Crippen molar-refractivity contribution in [2.24, 2.45) is 0 Å². The van der Waals surface area contributed by atoms with Gasteiger partial charge in [-0.2, -0.15) is 0 Å². The molecule has 1 aromatic carbocycles. The molecule has 0 saturated heterocycles. The monoisotopic (exact) mass is 228 g/mol. The van der Waals surface area contributed by atoms with E-state index in [4.69, 9.17) is 0 Å². The van der Waals surface area contributed by atoms with E-state index in [1.165, 1.54) is 31.4 Å². The van der Waals surface area contributed by atoms with Crippen LogP contribution in [0.25, 0.3) is 0 Å². The second kappa shape index (κ2) is 3.49. The fourth-order valence-electron chi connectivity index (χ4n) is 4.12. The summed E-state index contributed by atoms with van der Waals surface area (Å²) in [6.45, 7) is 4.54. The number of rotatable bonds is 0. The minimum atomic E-state index is 0.606. The van der Waals surface area contributed by atoms with E-state index in [0.29, 0.717) is 6.04 Å². The second-order valence-electron chi connectivity index (χ2n) is 5.89. The molecule has 0 unspecified atom stereocenters. The number of hydrogen-bond donors (Lipinski definition) is 1. The molecule has 0 bridgehead atoms. The number of benzene rings is 1. The van der Waals surface area contributed by atoms with Crippen LogP contribution in [0.3, 0.4) is 0 Å². The van der Waals surface area contributed by atoms with Gasteiger partial charge in [-0.25, -0.2) is 0 Å². The minimum absolute atomic E-state index is 0.606. The van der Waals surface area contributed by atoms with Crippen molar-refractivity contribution in [3.05, 3.63) is 29.3 Å². The van der Waals surface area contributed by atoms with Crippen LogP contribution in [0.1, 0.15) is 43.2 Å². The molecular weight excluding hydrogens is 208 g/mol. The van der Waals surface area contributed by atoms with Gasteiger partial charge in [-0.3, -0.25) is 0 Å². The maximum absolute atomic E-state index is 3.63. The lowest BCUT2D eigenvalue weighted by Gasteiger charge is -2.28. The van der Waals surface area contributed by atoms with Crippen LogP contribution in [0.2, 0.25) is 0 Å². The Labute approximate surface area is 103 Å². The number of hydrogen-bond acceptors (Lipinski definition) is 2. The summed E-state index contributed by atoms with van der Waals surface area (Å²) in [5, 5.41) is 3.63. The predicted molar refractivity (Wildman–Crippen MR) is 70.5 cm³/mol. The summed E-state index contributed by atoms with van der Waals surface area (Å²) in [5.74, 6) is 0.829. The van der Waals surface area contributed by atoms with Gasteiger partial charge in [0.05, 0.1) is 0 Å². The van der Waals surface area contributed by atoms with Crippen LogP contribution in [-0.4, -0.2) is 18.6 Å². The third-order valence-corrected chi connectivity index (χ3v) is 4.83. The van der Waals surface area contributed by atoms with Gasteiger partial charge >= 0.3 is 0 Å². The van der Waals surface area contributed by atoms with Crippen molar-refractivity contribution in [3.8, 4) is 0 Å². The van der Waals surface area contributed by atoms with E-state index >= 15 is 0 Å². The average Bonchev–Trinajstić information content (AvgIpc) is 2.85. The molecule has 2 heterocycles. The number of nitrogens with one attached hydrogen (secondary N) is 1. The van der Waals surface area contributed by atoms with Crippen molar-refractivity contribution < 1.29 is 0 Å². The van der Waals surface area contributed by atoms with Gasteiger partial charge in [0.1, 0.15) is 0 Å². The van der Waals surface area contributed by atoms with Crippen molar-refractivity contribution in [2.75, 3.05) is 11.4 Å². The Bertz CT molecular complexity index is 454. The molecule has 2 nitrogen and oxygen atoms in total. The zero-order valence-corrected chi connectivity index (χ0v) is 10.4. The highest BCUT2D eigenvalue weighted by Crippen LogP contribution is 2.50. The molecular formula is C15H20N2. The number of para-hydroxylation sites is 1. The largest absolute Gasteiger partial charge is 0.366 e. The normalized spacial score (nSPS) is 34.4. The van der Waals surface area contributed by atoms with Crippen LogP contribution in [0.5, 0.6) is 0 Å². The summed E-state index contributed by atoms with van der Waals surface area (Å²) in [7, 11) is 0. The minimum Gasteiger partial charge on any atom is -0.366 e. The highest BCUT2D eigenvalue weighted by atomic mass is 15.2. The first-order valence-corrected chi connectivity index (χ1v) is 6.96. The first-order valence-electron chi connectivity index (χ1n) is 6.96. The van der Waals surface area contributed by atoms with Gasteiger partial charge in [0.25, 0.3) is 0 Å². The lowest BCUT2D eigenvalue weighted by Crippen LogP contribution is -2.40. The van der Waals surface area contributed by atoms with Gasteiger partial charge in [-0.1, -0.05) is 24.6 Å². The average molecular weight is 228 g/mol. The summed E-state index contributed by atoms with van der Waals surface area (Å²) in [6, 6.07) is 8.34. The highest BCUT2D eigenvalue weighted by molar-refractivity contribution is 5.67. The van der Waals surface area contributed by atoms with Gasteiger partial charge in [-0.15, -0.1) is 0 Å². The number of anilines is 1. The molecule has 0 amide bonds. The van der Waals surface area contributed by atoms with Crippen molar-refractivity contribution in [1.29, 1.82) is 0 Å². The third kappa shape index (κ3) is 1.30. The topological polar surface area (TPSA) is 15.3 Å². The fourth-order valence-corrected chi connectivity index (χ4v) is 4.12. The van der Waals surface area contributed by atoms with E-state index in [0.717, 1.165) is 18.5 Å². The van der Waals surface area contributed by atoms with Crippen molar-refractivity contribution >= 4 is 5.69 Å². The molecule has 2 heteroatoms. The molecule has 1 fully saturated rings. The molecule has 90 valence electrons. The SMILES string of the molecule is C[C@@H]1CN2c3c(cccc3[C@H]3CCC[C@H]32)CN1. The number of nitrogens with zero attached hydrogens (tertiary/aromatic N) is 1. The van der Waals surface area contributed by atoms with Crippen molar-refractivity contribution in [2.45, 2.75) is 50.7 Å². The lowest BCUT2D eigenvalue weighted by atomic mass is 9.96. The molecule has 0 radical (unpaired) electrons. The first kappa shape index (κ1) is 9.95. The summed E-state index contributed by atoms with van der Waals surface area (Å²) < 4.78 is 0. The maximum Gasteiger partial charge on any atom is 0.0451 e. The van der Waals surface area contributed by atoms with E-state index in [1.807, 2.05) is 0 Å². The summed E-state index contributed by atoms with van der Waals surface area (Å²) in [6.07, 6.45) is 4.21. The lowest BCUT2D eigenvalue weighted by molar-refractivity contribution is 0.512. The van der Waals surface area contributed by atoms with E-state index in [1.54, 1.807) is 11.3 Å². The summed E-state index contributed by atoms with van der Waals surface area (Å²) >= 11 is 0. The Morgan fingerprint density at radius 2 is 2.24 bits per heavy atom. The van der Waals surface area contributed by atoms with E-state index in [2.05, 4.69) is 35.3 Å². The van der Waals surface area contributed by atoms with Crippen LogP contribution in [-0.2, 0) is 6.54 Å². The quantitative estimate of drug-likeness (QED) is 0.734. The van der Waals surface area contributed by atoms with Gasteiger partial charge in [-0.05, 0) is 30.9 Å². The molecule has 3 aliphatic rings. The van der Waals surface area contributed by atoms with Gasteiger partial charge in [0, 0.05) is 36.8 Å². The summed E-state index contributed by atoms with van der Waals surface area (Å²) in [4.78, 5) is 2.72. The fraction of sp³-hybridized carbons (Fsp3) is 0.600. The number of fused-ring (bicyclic) bond motifs is 3. The molecule has 0 aromatic heterocycles. The van der Waals surface area contributed by atoms with Crippen LogP contribution < -0.4 is 10.2 Å². The van der Waals surface area contributed by atoms with Gasteiger partial charge in [0.15, 0.2) is 0 Å². The molecule has 1 N–H and O–H groups in total. The Balaban J connectivity index is 1.89. The molecule has 1 aliphatic carbocycles. The molecule has 17 heavy (non-hydrogen) atoms. The van der Waals surface area contributed by atoms with Crippen molar-refractivity contribution in [3.63, 3.8) is 0 Å². The van der Waals surface area contributed by atoms with E-state index in [9.17, 15) is 0 Å². The van der Waals surface area contributed by atoms with Crippen molar-refractivity contribution in [1.82, 2.24) is 5.32 Å².